The number of H-pyrrole nitrogens is 1. The molecule has 3 heterocycles. The Morgan fingerprint density at radius 2 is 2.08 bits per heavy atom. The van der Waals surface area contributed by atoms with E-state index in [0.29, 0.717) is 22.6 Å². The van der Waals surface area contributed by atoms with Gasteiger partial charge in [0.05, 0.1) is 17.6 Å². The van der Waals surface area contributed by atoms with Crippen molar-refractivity contribution in [2.24, 2.45) is 7.05 Å². The molecular formula is C16H14N6OS. The van der Waals surface area contributed by atoms with Gasteiger partial charge >= 0.3 is 0 Å². The maximum atomic E-state index is 12.3. The van der Waals surface area contributed by atoms with Crippen LogP contribution in [0.2, 0.25) is 0 Å². The summed E-state index contributed by atoms with van der Waals surface area (Å²) in [5.41, 5.74) is 1.24. The van der Waals surface area contributed by atoms with Crippen LogP contribution in [-0.2, 0) is 12.8 Å². The third kappa shape index (κ3) is 2.61. The van der Waals surface area contributed by atoms with E-state index in [9.17, 15) is 4.79 Å². The lowest BCUT2D eigenvalue weighted by Gasteiger charge is -2.04. The van der Waals surface area contributed by atoms with Crippen molar-refractivity contribution in [2.75, 3.05) is 0 Å². The van der Waals surface area contributed by atoms with Crippen LogP contribution in [0.5, 0.6) is 0 Å². The molecule has 120 valence electrons. The van der Waals surface area contributed by atoms with E-state index in [-0.39, 0.29) is 5.56 Å². The van der Waals surface area contributed by atoms with Gasteiger partial charge in [0.1, 0.15) is 11.2 Å². The number of hydrogen-bond acceptors (Lipinski definition) is 5. The van der Waals surface area contributed by atoms with Crippen molar-refractivity contribution in [3.05, 3.63) is 65.1 Å². The van der Waals surface area contributed by atoms with Gasteiger partial charge in [-0.3, -0.25) is 4.79 Å². The van der Waals surface area contributed by atoms with Crippen molar-refractivity contribution < 1.29 is 0 Å². The van der Waals surface area contributed by atoms with E-state index in [1.54, 1.807) is 17.1 Å². The zero-order valence-electron chi connectivity index (χ0n) is 12.9. The van der Waals surface area contributed by atoms with Crippen molar-refractivity contribution in [1.82, 2.24) is 29.3 Å². The highest BCUT2D eigenvalue weighted by atomic mass is 32.2. The van der Waals surface area contributed by atoms with Gasteiger partial charge in [-0.05, 0) is 12.1 Å². The predicted octanol–water partition coefficient (Wildman–Crippen LogP) is 2.13. The van der Waals surface area contributed by atoms with Crippen LogP contribution in [0.3, 0.4) is 0 Å². The number of imidazole rings is 1. The normalized spacial score (nSPS) is 11.2. The van der Waals surface area contributed by atoms with Gasteiger partial charge in [0.25, 0.3) is 5.56 Å². The van der Waals surface area contributed by atoms with Crippen molar-refractivity contribution in [1.29, 1.82) is 0 Å². The first-order valence-electron chi connectivity index (χ1n) is 7.35. The van der Waals surface area contributed by atoms with Gasteiger partial charge in [0.15, 0.2) is 10.8 Å². The molecule has 4 rings (SSSR count). The average Bonchev–Trinajstić information content (AvgIpc) is 3.20. The third-order valence-corrected chi connectivity index (χ3v) is 4.67. The van der Waals surface area contributed by atoms with E-state index in [4.69, 9.17) is 0 Å². The summed E-state index contributed by atoms with van der Waals surface area (Å²) in [7, 11) is 1.93. The van der Waals surface area contributed by atoms with Gasteiger partial charge in [-0.25, -0.2) is 14.6 Å². The Bertz CT molecular complexity index is 1050. The van der Waals surface area contributed by atoms with Gasteiger partial charge in [-0.2, -0.15) is 5.10 Å². The molecule has 0 amide bonds. The van der Waals surface area contributed by atoms with E-state index in [2.05, 4.69) is 20.1 Å². The van der Waals surface area contributed by atoms with Crippen molar-refractivity contribution in [3.8, 4) is 5.69 Å². The van der Waals surface area contributed by atoms with Crippen LogP contribution in [0.15, 0.2) is 58.9 Å². The summed E-state index contributed by atoms with van der Waals surface area (Å²) < 4.78 is 3.61. The number of benzene rings is 1. The van der Waals surface area contributed by atoms with Crippen molar-refractivity contribution in [2.45, 2.75) is 10.9 Å². The standard InChI is InChI=1S/C16H14N6OS/c1-21-8-7-17-16(21)24-10-13-19-14-12(15(23)20-13)9-18-22(14)11-5-3-2-4-6-11/h2-9H,10H2,1H3,(H,19,20,23). The fourth-order valence-corrected chi connectivity index (χ4v) is 3.22. The maximum absolute atomic E-state index is 12.3. The third-order valence-electron chi connectivity index (χ3n) is 3.60. The van der Waals surface area contributed by atoms with Gasteiger partial charge < -0.3 is 9.55 Å². The van der Waals surface area contributed by atoms with Crippen molar-refractivity contribution in [3.63, 3.8) is 0 Å². The molecule has 1 N–H and O–H groups in total. The molecule has 0 atom stereocenters. The van der Waals surface area contributed by atoms with Crippen LogP contribution >= 0.6 is 11.8 Å². The minimum atomic E-state index is -0.183. The quantitative estimate of drug-likeness (QED) is 0.577. The summed E-state index contributed by atoms with van der Waals surface area (Å²) in [5.74, 6) is 1.12. The largest absolute Gasteiger partial charge is 0.329 e. The number of aromatic amines is 1. The van der Waals surface area contributed by atoms with Gasteiger partial charge in [-0.15, -0.1) is 0 Å². The molecule has 0 aliphatic carbocycles. The summed E-state index contributed by atoms with van der Waals surface area (Å²) in [5, 5.41) is 5.65. The lowest BCUT2D eigenvalue weighted by atomic mass is 10.3. The molecule has 3 aromatic heterocycles. The molecule has 8 heteroatoms. The minimum Gasteiger partial charge on any atom is -0.329 e. The Labute approximate surface area is 141 Å². The molecule has 0 saturated carbocycles. The fourth-order valence-electron chi connectivity index (χ4n) is 2.41. The minimum absolute atomic E-state index is 0.183. The Morgan fingerprint density at radius 3 is 2.83 bits per heavy atom. The highest BCUT2D eigenvalue weighted by Crippen LogP contribution is 2.19. The molecule has 0 bridgehead atoms. The van der Waals surface area contributed by atoms with E-state index in [1.165, 1.54) is 11.8 Å². The van der Waals surface area contributed by atoms with E-state index >= 15 is 0 Å². The summed E-state index contributed by atoms with van der Waals surface area (Å²) in [4.78, 5) is 24.0. The molecule has 0 radical (unpaired) electrons. The van der Waals surface area contributed by atoms with Crippen LogP contribution in [0, 0.1) is 0 Å². The summed E-state index contributed by atoms with van der Waals surface area (Å²) >= 11 is 1.52. The summed E-state index contributed by atoms with van der Waals surface area (Å²) in [6, 6.07) is 9.64. The zero-order valence-corrected chi connectivity index (χ0v) is 13.7. The molecule has 0 spiro atoms. The molecular weight excluding hydrogens is 324 g/mol. The lowest BCUT2D eigenvalue weighted by molar-refractivity contribution is 0.789. The van der Waals surface area contributed by atoms with Crippen LogP contribution in [0.4, 0.5) is 0 Å². The highest BCUT2D eigenvalue weighted by Gasteiger charge is 2.12. The van der Waals surface area contributed by atoms with Gasteiger partial charge in [0, 0.05) is 19.4 Å². The van der Waals surface area contributed by atoms with Gasteiger partial charge in [-0.1, -0.05) is 30.0 Å². The Balaban J connectivity index is 1.73. The Morgan fingerprint density at radius 1 is 1.25 bits per heavy atom. The maximum Gasteiger partial charge on any atom is 0.262 e. The van der Waals surface area contributed by atoms with E-state index < -0.39 is 0 Å². The van der Waals surface area contributed by atoms with Gasteiger partial charge in [0.2, 0.25) is 0 Å². The number of nitrogens with one attached hydrogen (secondary N) is 1. The Kier molecular flexibility index (Phi) is 3.66. The molecule has 4 aromatic rings. The van der Waals surface area contributed by atoms with Crippen LogP contribution in [0.25, 0.3) is 16.7 Å². The highest BCUT2D eigenvalue weighted by molar-refractivity contribution is 7.98. The molecule has 0 aliphatic heterocycles. The zero-order chi connectivity index (χ0) is 16.5. The summed E-state index contributed by atoms with van der Waals surface area (Å²) in [6.07, 6.45) is 5.17. The second-order valence-corrected chi connectivity index (χ2v) is 6.19. The number of aryl methyl sites for hydroxylation is 1. The monoisotopic (exact) mass is 338 g/mol. The van der Waals surface area contributed by atoms with Crippen LogP contribution < -0.4 is 5.56 Å². The smallest absolute Gasteiger partial charge is 0.262 e. The van der Waals surface area contributed by atoms with Crippen LogP contribution in [0.1, 0.15) is 5.82 Å². The number of hydrogen-bond donors (Lipinski definition) is 1. The second-order valence-electron chi connectivity index (χ2n) is 5.25. The van der Waals surface area contributed by atoms with E-state index in [1.807, 2.05) is 48.1 Å². The lowest BCUT2D eigenvalue weighted by Crippen LogP contribution is -2.12. The number of aromatic nitrogens is 6. The molecule has 0 fully saturated rings. The first-order chi connectivity index (χ1) is 11.7. The molecule has 0 unspecified atom stereocenters. The Hall–Kier alpha value is -2.87. The molecule has 0 saturated heterocycles. The molecule has 7 nitrogen and oxygen atoms in total. The number of fused-ring (bicyclic) bond motifs is 1. The molecule has 24 heavy (non-hydrogen) atoms. The number of nitrogens with zero attached hydrogens (tertiary/aromatic N) is 5. The number of rotatable bonds is 4. The second kappa shape index (κ2) is 5.97. The van der Waals surface area contributed by atoms with Crippen LogP contribution in [-0.4, -0.2) is 29.3 Å². The first-order valence-corrected chi connectivity index (χ1v) is 8.33. The fraction of sp³-hybridized carbons (Fsp3) is 0.125. The number of thioether (sulfide) groups is 1. The molecule has 0 aliphatic rings. The predicted molar refractivity (Wildman–Crippen MR) is 92.3 cm³/mol. The first kappa shape index (κ1) is 14.7. The number of para-hydroxylation sites is 1. The van der Waals surface area contributed by atoms with Crippen molar-refractivity contribution >= 4 is 22.8 Å². The topological polar surface area (TPSA) is 81.4 Å². The summed E-state index contributed by atoms with van der Waals surface area (Å²) in [6.45, 7) is 0. The average molecular weight is 338 g/mol. The SMILES string of the molecule is Cn1ccnc1SCc1nc2c(cnn2-c2ccccc2)c(=O)[nH]1. The molecule has 1 aromatic carbocycles. The van der Waals surface area contributed by atoms with E-state index in [0.717, 1.165) is 10.8 Å².